The molecule has 0 atom stereocenters. The predicted octanol–water partition coefficient (Wildman–Crippen LogP) is 3.39. The van der Waals surface area contributed by atoms with Crippen LogP contribution in [-0.2, 0) is 19.6 Å². The number of amides is 2. The third-order valence-corrected chi connectivity index (χ3v) is 6.27. The molecule has 2 amide bonds. The normalized spacial score (nSPS) is 10.8. The Morgan fingerprint density at radius 1 is 0.879 bits per heavy atom. The number of anilines is 3. The second kappa shape index (κ2) is 9.92. The van der Waals surface area contributed by atoms with Crippen molar-refractivity contribution >= 4 is 44.6 Å². The van der Waals surface area contributed by atoms with Crippen molar-refractivity contribution in [1.82, 2.24) is 0 Å². The van der Waals surface area contributed by atoms with Crippen LogP contribution in [0.3, 0.4) is 0 Å². The number of benzene rings is 3. The van der Waals surface area contributed by atoms with E-state index in [1.807, 2.05) is 0 Å². The quantitative estimate of drug-likeness (QED) is 0.384. The highest BCUT2D eigenvalue weighted by Crippen LogP contribution is 2.29. The number of nitro groups is 1. The van der Waals surface area contributed by atoms with Gasteiger partial charge in [0.1, 0.15) is 6.54 Å². The minimum atomic E-state index is -4.45. The molecule has 0 fully saturated rings. The van der Waals surface area contributed by atoms with E-state index in [0.717, 1.165) is 16.4 Å². The highest BCUT2D eigenvalue weighted by atomic mass is 32.2. The largest absolute Gasteiger partial charge is 0.326 e. The van der Waals surface area contributed by atoms with Gasteiger partial charge in [0.15, 0.2) is 4.90 Å². The van der Waals surface area contributed by atoms with Gasteiger partial charge < -0.3 is 10.6 Å². The smallest absolute Gasteiger partial charge is 0.289 e. The summed E-state index contributed by atoms with van der Waals surface area (Å²) in [5, 5.41) is 16.6. The summed E-state index contributed by atoms with van der Waals surface area (Å²) < 4.78 is 27.6. The second-order valence-electron chi connectivity index (χ2n) is 6.88. The number of carbonyl (C=O) groups excluding carboxylic acids is 2. The molecule has 0 saturated carbocycles. The third kappa shape index (κ3) is 5.71. The lowest BCUT2D eigenvalue weighted by Gasteiger charge is -2.24. The van der Waals surface area contributed by atoms with E-state index >= 15 is 0 Å². The Hall–Kier alpha value is -4.25. The Morgan fingerprint density at radius 3 is 2.00 bits per heavy atom. The molecule has 0 radical (unpaired) electrons. The van der Waals surface area contributed by atoms with Crippen LogP contribution in [0.4, 0.5) is 22.7 Å². The maximum atomic E-state index is 13.4. The molecule has 33 heavy (non-hydrogen) atoms. The van der Waals surface area contributed by atoms with E-state index in [1.54, 1.807) is 42.5 Å². The molecule has 0 bridgehead atoms. The zero-order chi connectivity index (χ0) is 24.0. The van der Waals surface area contributed by atoms with Crippen LogP contribution in [0.1, 0.15) is 6.92 Å². The molecule has 11 heteroatoms. The van der Waals surface area contributed by atoms with Crippen LogP contribution in [0.25, 0.3) is 0 Å². The number of nitro benzene ring substituents is 1. The Morgan fingerprint density at radius 2 is 1.42 bits per heavy atom. The van der Waals surface area contributed by atoms with E-state index in [0.29, 0.717) is 11.4 Å². The van der Waals surface area contributed by atoms with Gasteiger partial charge in [0.05, 0.1) is 10.6 Å². The van der Waals surface area contributed by atoms with Crippen molar-refractivity contribution in [3.8, 4) is 0 Å². The van der Waals surface area contributed by atoms with Gasteiger partial charge in [-0.3, -0.25) is 24.0 Å². The summed E-state index contributed by atoms with van der Waals surface area (Å²) >= 11 is 0. The zero-order valence-electron chi connectivity index (χ0n) is 17.5. The Balaban J connectivity index is 1.90. The van der Waals surface area contributed by atoms with Gasteiger partial charge in [0.25, 0.3) is 15.7 Å². The maximum Gasteiger partial charge on any atom is 0.289 e. The molecular formula is C22H20N4O6S. The minimum Gasteiger partial charge on any atom is -0.326 e. The molecule has 0 spiro atoms. The van der Waals surface area contributed by atoms with Gasteiger partial charge in [0.2, 0.25) is 11.8 Å². The lowest BCUT2D eigenvalue weighted by atomic mass is 10.2. The van der Waals surface area contributed by atoms with E-state index in [9.17, 15) is 28.1 Å². The molecule has 3 rings (SSSR count). The van der Waals surface area contributed by atoms with Crippen molar-refractivity contribution in [2.45, 2.75) is 11.8 Å². The van der Waals surface area contributed by atoms with E-state index in [-0.39, 0.29) is 11.6 Å². The van der Waals surface area contributed by atoms with Crippen LogP contribution in [-0.4, -0.2) is 31.7 Å². The average molecular weight is 468 g/mol. The summed E-state index contributed by atoms with van der Waals surface area (Å²) in [6, 6.07) is 19.0. The molecule has 0 saturated heterocycles. The van der Waals surface area contributed by atoms with Crippen LogP contribution in [0.2, 0.25) is 0 Å². The van der Waals surface area contributed by atoms with Crippen LogP contribution >= 0.6 is 0 Å². The Labute approximate surface area is 190 Å². The maximum absolute atomic E-state index is 13.4. The molecule has 0 heterocycles. The molecule has 170 valence electrons. The van der Waals surface area contributed by atoms with Gasteiger partial charge in [0, 0.05) is 24.4 Å². The molecule has 0 aliphatic rings. The monoisotopic (exact) mass is 468 g/mol. The van der Waals surface area contributed by atoms with Crippen molar-refractivity contribution in [1.29, 1.82) is 0 Å². The van der Waals surface area contributed by atoms with Crippen LogP contribution < -0.4 is 14.9 Å². The van der Waals surface area contributed by atoms with Crippen LogP contribution in [0.15, 0.2) is 83.8 Å². The number of hydrogen-bond acceptors (Lipinski definition) is 6. The summed E-state index contributed by atoms with van der Waals surface area (Å²) in [5.74, 6) is -0.904. The second-order valence-corrected chi connectivity index (χ2v) is 8.71. The number of nitrogens with one attached hydrogen (secondary N) is 2. The molecule has 10 nitrogen and oxygen atoms in total. The van der Waals surface area contributed by atoms with E-state index < -0.39 is 38.0 Å². The van der Waals surface area contributed by atoms with Gasteiger partial charge in [-0.25, -0.2) is 8.42 Å². The van der Waals surface area contributed by atoms with E-state index in [1.165, 1.54) is 31.2 Å². The fraction of sp³-hybridized carbons (Fsp3) is 0.0909. The summed E-state index contributed by atoms with van der Waals surface area (Å²) in [7, 11) is -4.45. The molecule has 3 aromatic rings. The first-order valence-electron chi connectivity index (χ1n) is 9.67. The number of para-hydroxylation sites is 2. The molecule has 0 unspecified atom stereocenters. The van der Waals surface area contributed by atoms with Crippen molar-refractivity contribution in [3.63, 3.8) is 0 Å². The third-order valence-electron chi connectivity index (χ3n) is 4.45. The van der Waals surface area contributed by atoms with Gasteiger partial charge in [-0.2, -0.15) is 0 Å². The van der Waals surface area contributed by atoms with Crippen molar-refractivity contribution in [2.24, 2.45) is 0 Å². The number of rotatable bonds is 8. The Kier molecular flexibility index (Phi) is 7.04. The lowest BCUT2D eigenvalue weighted by Crippen LogP contribution is -2.38. The SMILES string of the molecule is CC(=O)Nc1ccc(NC(=O)CN(c2ccccc2)S(=O)(=O)c2ccccc2[N+](=O)[O-])cc1. The standard InChI is InChI=1S/C22H20N4O6S/c1-16(27)23-17-11-13-18(14-12-17)24-22(28)15-25(19-7-3-2-4-8-19)33(31,32)21-10-6-5-9-20(21)26(29)30/h2-14H,15H2,1H3,(H,23,27)(H,24,28). The van der Waals surface area contributed by atoms with Crippen molar-refractivity contribution < 1.29 is 22.9 Å². The van der Waals surface area contributed by atoms with Gasteiger partial charge in [-0.05, 0) is 42.5 Å². The zero-order valence-corrected chi connectivity index (χ0v) is 18.3. The molecule has 0 aliphatic carbocycles. The van der Waals surface area contributed by atoms with Gasteiger partial charge >= 0.3 is 0 Å². The first-order chi connectivity index (χ1) is 15.7. The molecule has 2 N–H and O–H groups in total. The van der Waals surface area contributed by atoms with Gasteiger partial charge in [-0.1, -0.05) is 30.3 Å². The summed E-state index contributed by atoms with van der Waals surface area (Å²) in [6.45, 7) is 0.747. The summed E-state index contributed by atoms with van der Waals surface area (Å²) in [5.41, 5.74) is 0.495. The number of nitrogens with zero attached hydrogens (tertiary/aromatic N) is 2. The molecule has 0 aliphatic heterocycles. The number of sulfonamides is 1. The van der Waals surface area contributed by atoms with Crippen molar-refractivity contribution in [3.05, 3.63) is 89.0 Å². The summed E-state index contributed by atoms with van der Waals surface area (Å²) in [6.07, 6.45) is 0. The minimum absolute atomic E-state index is 0.173. The highest BCUT2D eigenvalue weighted by molar-refractivity contribution is 7.93. The van der Waals surface area contributed by atoms with Crippen LogP contribution in [0, 0.1) is 10.1 Å². The van der Waals surface area contributed by atoms with E-state index in [2.05, 4.69) is 10.6 Å². The fourth-order valence-corrected chi connectivity index (χ4v) is 4.61. The van der Waals surface area contributed by atoms with Crippen molar-refractivity contribution in [2.75, 3.05) is 21.5 Å². The van der Waals surface area contributed by atoms with Crippen LogP contribution in [0.5, 0.6) is 0 Å². The van der Waals surface area contributed by atoms with E-state index in [4.69, 9.17) is 0 Å². The first-order valence-corrected chi connectivity index (χ1v) is 11.1. The summed E-state index contributed by atoms with van der Waals surface area (Å²) in [4.78, 5) is 34.0. The van der Waals surface area contributed by atoms with Gasteiger partial charge in [-0.15, -0.1) is 0 Å². The first kappa shape index (κ1) is 23.4. The molecule has 0 aromatic heterocycles. The molecule has 3 aromatic carbocycles. The lowest BCUT2D eigenvalue weighted by molar-refractivity contribution is -0.387. The Bertz CT molecular complexity index is 1280. The average Bonchev–Trinajstić information content (AvgIpc) is 2.79. The number of carbonyl (C=O) groups is 2. The predicted molar refractivity (Wildman–Crippen MR) is 123 cm³/mol. The number of hydrogen-bond donors (Lipinski definition) is 2. The fourth-order valence-electron chi connectivity index (χ4n) is 3.03. The topological polar surface area (TPSA) is 139 Å². The highest BCUT2D eigenvalue weighted by Gasteiger charge is 2.33. The molecular weight excluding hydrogens is 448 g/mol.